The van der Waals surface area contributed by atoms with E-state index in [0.717, 1.165) is 16.8 Å². The molecule has 0 aliphatic heterocycles. The zero-order chi connectivity index (χ0) is 27.3. The molecule has 3 N–H and O–H groups in total. The predicted octanol–water partition coefficient (Wildman–Crippen LogP) is 4.76. The highest BCUT2D eigenvalue weighted by Crippen LogP contribution is 2.48. The van der Waals surface area contributed by atoms with E-state index < -0.39 is 11.9 Å². The minimum Gasteiger partial charge on any atom is -0.421 e. The van der Waals surface area contributed by atoms with Crippen LogP contribution in [0.25, 0.3) is 33.4 Å². The third-order valence-electron chi connectivity index (χ3n) is 6.97. The number of aromatic nitrogens is 6. The van der Waals surface area contributed by atoms with Crippen molar-refractivity contribution in [1.82, 2.24) is 29.5 Å². The SMILES string of the molecule is C#Cc1cc(C)c(-c2c(-c3ccc(Oc4nccc(C)n4)c(F)c3)c3c(N)ncnc3n2C2CC(O)C2)cn1. The number of nitrogens with two attached hydrogens (primary N) is 1. The Labute approximate surface area is 223 Å². The summed E-state index contributed by atoms with van der Waals surface area (Å²) in [6, 6.07) is 8.22. The number of nitrogens with zero attached hydrogens (tertiary/aromatic N) is 6. The van der Waals surface area contributed by atoms with E-state index in [2.05, 4.69) is 35.4 Å². The van der Waals surface area contributed by atoms with Gasteiger partial charge in [-0.15, -0.1) is 6.42 Å². The lowest BCUT2D eigenvalue weighted by Gasteiger charge is -2.34. The molecule has 0 atom stereocenters. The number of halogens is 1. The van der Waals surface area contributed by atoms with Crippen LogP contribution in [0.3, 0.4) is 0 Å². The molecule has 5 aromatic rings. The zero-order valence-corrected chi connectivity index (χ0v) is 21.3. The number of pyridine rings is 1. The summed E-state index contributed by atoms with van der Waals surface area (Å²) in [6.45, 7) is 3.74. The van der Waals surface area contributed by atoms with Crippen molar-refractivity contribution in [3.05, 3.63) is 71.8 Å². The third-order valence-corrected chi connectivity index (χ3v) is 6.97. The van der Waals surface area contributed by atoms with Gasteiger partial charge in [0.15, 0.2) is 11.6 Å². The Kier molecular flexibility index (Phi) is 5.93. The average Bonchev–Trinajstić information content (AvgIpc) is 3.23. The fourth-order valence-electron chi connectivity index (χ4n) is 5.02. The summed E-state index contributed by atoms with van der Waals surface area (Å²) < 4.78 is 23.2. The molecule has 1 aliphatic carbocycles. The molecule has 0 bridgehead atoms. The fourth-order valence-corrected chi connectivity index (χ4v) is 5.02. The lowest BCUT2D eigenvalue weighted by molar-refractivity contribution is 0.0508. The Bertz CT molecular complexity index is 1790. The van der Waals surface area contributed by atoms with E-state index in [0.29, 0.717) is 46.4 Å². The van der Waals surface area contributed by atoms with E-state index in [4.69, 9.17) is 16.9 Å². The summed E-state index contributed by atoms with van der Waals surface area (Å²) in [4.78, 5) is 21.5. The van der Waals surface area contributed by atoms with Crippen LogP contribution in [-0.4, -0.2) is 40.7 Å². The fraction of sp³-hybridized carbons (Fsp3) is 0.207. The second kappa shape index (κ2) is 9.45. The first-order valence-corrected chi connectivity index (χ1v) is 12.4. The van der Waals surface area contributed by atoms with E-state index in [9.17, 15) is 5.11 Å². The van der Waals surface area contributed by atoms with Crippen LogP contribution in [0.5, 0.6) is 11.8 Å². The molecular weight excluding hydrogens is 497 g/mol. The number of aliphatic hydroxyl groups excluding tert-OH is 1. The van der Waals surface area contributed by atoms with E-state index >= 15 is 4.39 Å². The van der Waals surface area contributed by atoms with Gasteiger partial charge in [0, 0.05) is 35.3 Å². The minimum absolute atomic E-state index is 0.0165. The second-order valence-corrected chi connectivity index (χ2v) is 9.59. The first-order valence-electron chi connectivity index (χ1n) is 12.4. The highest BCUT2D eigenvalue weighted by molar-refractivity contribution is 6.08. The normalized spacial score (nSPS) is 16.6. The Morgan fingerprint density at radius 1 is 1.13 bits per heavy atom. The number of rotatable bonds is 5. The van der Waals surface area contributed by atoms with Gasteiger partial charge in [-0.25, -0.2) is 29.3 Å². The quantitative estimate of drug-likeness (QED) is 0.317. The van der Waals surface area contributed by atoms with Crippen molar-refractivity contribution in [1.29, 1.82) is 0 Å². The van der Waals surface area contributed by atoms with Crippen LogP contribution in [0.1, 0.15) is 35.8 Å². The molecule has 194 valence electrons. The largest absolute Gasteiger partial charge is 0.421 e. The van der Waals surface area contributed by atoms with Gasteiger partial charge in [-0.2, -0.15) is 0 Å². The molecule has 0 unspecified atom stereocenters. The molecule has 0 radical (unpaired) electrons. The highest BCUT2D eigenvalue weighted by atomic mass is 19.1. The summed E-state index contributed by atoms with van der Waals surface area (Å²) >= 11 is 0. The van der Waals surface area contributed by atoms with Crippen molar-refractivity contribution in [2.24, 2.45) is 0 Å². The van der Waals surface area contributed by atoms with E-state index in [1.54, 1.807) is 31.5 Å². The van der Waals surface area contributed by atoms with Crippen molar-refractivity contribution in [3.63, 3.8) is 0 Å². The molecule has 10 heteroatoms. The van der Waals surface area contributed by atoms with Crippen LogP contribution < -0.4 is 10.5 Å². The number of anilines is 1. The minimum atomic E-state index is -0.600. The molecule has 0 saturated heterocycles. The van der Waals surface area contributed by atoms with Crippen molar-refractivity contribution in [3.8, 4) is 46.5 Å². The molecule has 4 heterocycles. The molecular formula is C29H24FN7O2. The van der Waals surface area contributed by atoms with Gasteiger partial charge in [0.25, 0.3) is 0 Å². The molecule has 9 nitrogen and oxygen atoms in total. The number of ether oxygens (including phenoxy) is 1. The molecule has 1 aliphatic rings. The number of aryl methyl sites for hydroxylation is 2. The number of hydrogen-bond acceptors (Lipinski definition) is 8. The average molecular weight is 522 g/mol. The van der Waals surface area contributed by atoms with Crippen LogP contribution >= 0.6 is 0 Å². The molecule has 1 saturated carbocycles. The van der Waals surface area contributed by atoms with Gasteiger partial charge in [-0.05, 0) is 62.1 Å². The van der Waals surface area contributed by atoms with Gasteiger partial charge in [0.2, 0.25) is 0 Å². The molecule has 4 aromatic heterocycles. The van der Waals surface area contributed by atoms with Crippen LogP contribution in [0.2, 0.25) is 0 Å². The van der Waals surface area contributed by atoms with Gasteiger partial charge < -0.3 is 20.1 Å². The van der Waals surface area contributed by atoms with E-state index in [1.807, 2.05) is 13.0 Å². The topological polar surface area (TPSA) is 125 Å². The maximum atomic E-state index is 15.5. The van der Waals surface area contributed by atoms with Gasteiger partial charge in [-0.1, -0.05) is 12.0 Å². The van der Waals surface area contributed by atoms with Gasteiger partial charge in [-0.3, -0.25) is 0 Å². The van der Waals surface area contributed by atoms with Crippen LogP contribution in [-0.2, 0) is 0 Å². The summed E-state index contributed by atoms with van der Waals surface area (Å²) in [5.41, 5.74) is 11.8. The van der Waals surface area contributed by atoms with Gasteiger partial charge in [0.1, 0.15) is 23.5 Å². The molecule has 1 aromatic carbocycles. The summed E-state index contributed by atoms with van der Waals surface area (Å²) in [5, 5.41) is 10.7. The lowest BCUT2D eigenvalue weighted by atomic mass is 9.88. The molecule has 39 heavy (non-hydrogen) atoms. The highest BCUT2D eigenvalue weighted by Gasteiger charge is 2.35. The van der Waals surface area contributed by atoms with Crippen LogP contribution in [0.4, 0.5) is 10.2 Å². The Morgan fingerprint density at radius 3 is 2.64 bits per heavy atom. The second-order valence-electron chi connectivity index (χ2n) is 9.59. The smallest absolute Gasteiger partial charge is 0.322 e. The first kappa shape index (κ1) is 24.5. The van der Waals surface area contributed by atoms with Crippen molar-refractivity contribution in [2.75, 3.05) is 5.73 Å². The molecule has 0 spiro atoms. The van der Waals surface area contributed by atoms with Gasteiger partial charge in [0.05, 0.1) is 17.2 Å². The van der Waals surface area contributed by atoms with Crippen LogP contribution in [0, 0.1) is 32.0 Å². The zero-order valence-electron chi connectivity index (χ0n) is 21.3. The maximum absolute atomic E-state index is 15.5. The monoisotopic (exact) mass is 521 g/mol. The Hall–Kier alpha value is -4.88. The number of benzene rings is 1. The third kappa shape index (κ3) is 4.23. The number of hydrogen-bond donors (Lipinski definition) is 2. The lowest BCUT2D eigenvalue weighted by Crippen LogP contribution is -2.31. The number of nitrogen functional groups attached to an aromatic ring is 1. The van der Waals surface area contributed by atoms with Crippen molar-refractivity contribution >= 4 is 16.9 Å². The van der Waals surface area contributed by atoms with E-state index in [1.165, 1.54) is 18.5 Å². The number of terminal acetylenes is 1. The van der Waals surface area contributed by atoms with Gasteiger partial charge >= 0.3 is 6.01 Å². The van der Waals surface area contributed by atoms with Crippen molar-refractivity contribution in [2.45, 2.75) is 38.8 Å². The predicted molar refractivity (Wildman–Crippen MR) is 144 cm³/mol. The summed E-state index contributed by atoms with van der Waals surface area (Å²) in [6.07, 6.45) is 10.9. The van der Waals surface area contributed by atoms with Crippen molar-refractivity contribution < 1.29 is 14.2 Å². The summed E-state index contributed by atoms with van der Waals surface area (Å²) in [7, 11) is 0. The number of aliphatic hydroxyl groups is 1. The Morgan fingerprint density at radius 2 is 1.95 bits per heavy atom. The molecule has 1 fully saturated rings. The maximum Gasteiger partial charge on any atom is 0.322 e. The van der Waals surface area contributed by atoms with E-state index in [-0.39, 0.29) is 23.6 Å². The standard InChI is InChI=1S/C29H24FN7O2/c1-4-18-9-15(2)21(13-33-18)26-24(25-27(31)34-14-35-28(25)37(26)19-11-20(38)12-19)17-5-6-23(22(30)10-17)39-29-32-8-7-16(3)36-29/h1,5-10,13-14,19-20,38H,11-12H2,2-3H3,(H2,31,34,35). The first-order chi connectivity index (χ1) is 18.8. The summed E-state index contributed by atoms with van der Waals surface area (Å²) in [5.74, 6) is 2.21. The Balaban J connectivity index is 1.59. The molecule has 0 amide bonds. The molecule has 6 rings (SSSR count). The number of fused-ring (bicyclic) bond motifs is 1. The van der Waals surface area contributed by atoms with Crippen LogP contribution in [0.15, 0.2) is 49.1 Å².